The van der Waals surface area contributed by atoms with Crippen LogP contribution in [-0.4, -0.2) is 59.4 Å². The Morgan fingerprint density at radius 1 is 1.25 bits per heavy atom. The maximum absolute atomic E-state index is 11.5. The van der Waals surface area contributed by atoms with E-state index in [4.69, 9.17) is 0 Å². The maximum atomic E-state index is 11.5. The smallest absolute Gasteiger partial charge is 0.243 e. The summed E-state index contributed by atoms with van der Waals surface area (Å²) in [5, 5.41) is 5.78. The lowest BCUT2D eigenvalue weighted by Gasteiger charge is -2.36. The number of fused-ring (bicyclic) bond motifs is 1. The zero-order valence-electron chi connectivity index (χ0n) is 11.2. The van der Waals surface area contributed by atoms with E-state index in [9.17, 15) is 9.59 Å². The third-order valence-electron chi connectivity index (χ3n) is 3.53. The molecule has 8 heteroatoms. The first kappa shape index (κ1) is 12.6. The second-order valence-corrected chi connectivity index (χ2v) is 4.82. The molecule has 1 saturated heterocycles. The third kappa shape index (κ3) is 2.24. The topological polar surface area (TPSA) is 90.5 Å². The molecule has 3 heterocycles. The Labute approximate surface area is 116 Å². The number of nitrogens with one attached hydrogen (secondary N) is 2. The summed E-state index contributed by atoms with van der Waals surface area (Å²) in [5.41, 5.74) is 0.625. The lowest BCUT2D eigenvalue weighted by Crippen LogP contribution is -2.48. The van der Waals surface area contributed by atoms with Crippen molar-refractivity contribution in [2.45, 2.75) is 6.92 Å². The van der Waals surface area contributed by atoms with Gasteiger partial charge in [-0.3, -0.25) is 9.59 Å². The van der Waals surface area contributed by atoms with Crippen molar-refractivity contribution in [3.63, 3.8) is 0 Å². The summed E-state index contributed by atoms with van der Waals surface area (Å²) in [6.07, 6.45) is 1.48. The van der Waals surface area contributed by atoms with E-state index < -0.39 is 0 Å². The van der Waals surface area contributed by atoms with Crippen LogP contribution in [0, 0.1) is 0 Å². The fourth-order valence-electron chi connectivity index (χ4n) is 2.45. The highest BCUT2D eigenvalue weighted by atomic mass is 16.2. The van der Waals surface area contributed by atoms with Crippen molar-refractivity contribution in [2.24, 2.45) is 0 Å². The van der Waals surface area contributed by atoms with Gasteiger partial charge in [-0.2, -0.15) is 0 Å². The number of carbonyl (C=O) groups excluding carboxylic acids is 2. The molecule has 0 spiro atoms. The first-order chi connectivity index (χ1) is 9.65. The van der Waals surface area contributed by atoms with E-state index in [2.05, 4.69) is 25.5 Å². The molecule has 0 radical (unpaired) electrons. The Balaban J connectivity index is 1.82. The SMILES string of the molecule is CC(=O)N1CCN(c2ncnc3c2NC(=O)CN3)CC1. The molecule has 1 fully saturated rings. The van der Waals surface area contributed by atoms with Crippen molar-refractivity contribution in [3.8, 4) is 0 Å². The lowest BCUT2D eigenvalue weighted by molar-refractivity contribution is -0.129. The third-order valence-corrected chi connectivity index (χ3v) is 3.53. The minimum atomic E-state index is -0.101. The highest BCUT2D eigenvalue weighted by Crippen LogP contribution is 2.31. The molecular weight excluding hydrogens is 260 g/mol. The number of piperazine rings is 1. The van der Waals surface area contributed by atoms with Gasteiger partial charge in [0.15, 0.2) is 11.6 Å². The molecule has 106 valence electrons. The zero-order chi connectivity index (χ0) is 14.1. The fraction of sp³-hybridized carbons (Fsp3) is 0.500. The molecular formula is C12H16N6O2. The van der Waals surface area contributed by atoms with E-state index in [1.54, 1.807) is 11.8 Å². The summed E-state index contributed by atoms with van der Waals surface area (Å²) in [4.78, 5) is 35.1. The number of anilines is 3. The molecule has 2 N–H and O–H groups in total. The second kappa shape index (κ2) is 4.95. The van der Waals surface area contributed by atoms with Crippen LogP contribution in [0.3, 0.4) is 0 Å². The average Bonchev–Trinajstić information content (AvgIpc) is 2.46. The van der Waals surface area contributed by atoms with Gasteiger partial charge in [0.25, 0.3) is 0 Å². The van der Waals surface area contributed by atoms with Gasteiger partial charge in [-0.1, -0.05) is 0 Å². The van der Waals surface area contributed by atoms with Crippen LogP contribution in [0.5, 0.6) is 0 Å². The molecule has 2 aliphatic rings. The Morgan fingerprint density at radius 3 is 2.70 bits per heavy atom. The van der Waals surface area contributed by atoms with Crippen LogP contribution < -0.4 is 15.5 Å². The van der Waals surface area contributed by atoms with Gasteiger partial charge >= 0.3 is 0 Å². The molecule has 0 bridgehead atoms. The van der Waals surface area contributed by atoms with Crippen LogP contribution in [-0.2, 0) is 9.59 Å². The highest BCUT2D eigenvalue weighted by Gasteiger charge is 2.26. The van der Waals surface area contributed by atoms with Gasteiger partial charge in [-0.05, 0) is 0 Å². The van der Waals surface area contributed by atoms with Crippen LogP contribution in [0.4, 0.5) is 17.3 Å². The zero-order valence-corrected chi connectivity index (χ0v) is 11.2. The van der Waals surface area contributed by atoms with Gasteiger partial charge in [0.1, 0.15) is 12.0 Å². The van der Waals surface area contributed by atoms with Gasteiger partial charge in [0, 0.05) is 33.1 Å². The number of hydrogen-bond donors (Lipinski definition) is 2. The second-order valence-electron chi connectivity index (χ2n) is 4.82. The molecule has 2 aliphatic heterocycles. The van der Waals surface area contributed by atoms with E-state index >= 15 is 0 Å². The van der Waals surface area contributed by atoms with Gasteiger partial charge in [0.2, 0.25) is 11.8 Å². The van der Waals surface area contributed by atoms with Gasteiger partial charge < -0.3 is 20.4 Å². The van der Waals surface area contributed by atoms with Crippen LogP contribution in [0.2, 0.25) is 0 Å². The summed E-state index contributed by atoms with van der Waals surface area (Å²) in [5.74, 6) is 1.34. The van der Waals surface area contributed by atoms with E-state index in [1.165, 1.54) is 6.33 Å². The maximum Gasteiger partial charge on any atom is 0.243 e. The van der Waals surface area contributed by atoms with Crippen molar-refractivity contribution < 1.29 is 9.59 Å². The van der Waals surface area contributed by atoms with Crippen molar-refractivity contribution in [1.29, 1.82) is 0 Å². The largest absolute Gasteiger partial charge is 0.359 e. The molecule has 20 heavy (non-hydrogen) atoms. The Bertz CT molecular complexity index is 553. The standard InChI is InChI=1S/C12H16N6O2/c1-8(19)17-2-4-18(5-3-17)12-10-11(14-7-15-12)13-6-9(20)16-10/h7H,2-6H2,1H3,(H,16,20)(H,13,14,15). The minimum absolute atomic E-state index is 0.0873. The fourth-order valence-corrected chi connectivity index (χ4v) is 2.45. The molecule has 3 rings (SSSR count). The van der Waals surface area contributed by atoms with Crippen LogP contribution in [0.25, 0.3) is 0 Å². The molecule has 1 aromatic heterocycles. The van der Waals surface area contributed by atoms with Crippen molar-refractivity contribution in [1.82, 2.24) is 14.9 Å². The van der Waals surface area contributed by atoms with E-state index in [0.29, 0.717) is 43.5 Å². The number of amides is 2. The average molecular weight is 276 g/mol. The van der Waals surface area contributed by atoms with E-state index in [1.807, 2.05) is 0 Å². The summed E-state index contributed by atoms with van der Waals surface area (Å²) < 4.78 is 0. The van der Waals surface area contributed by atoms with Gasteiger partial charge in [-0.15, -0.1) is 0 Å². The minimum Gasteiger partial charge on any atom is -0.359 e. The quantitative estimate of drug-likeness (QED) is 0.719. The highest BCUT2D eigenvalue weighted by molar-refractivity contribution is 6.02. The van der Waals surface area contributed by atoms with Crippen molar-refractivity contribution in [3.05, 3.63) is 6.33 Å². The summed E-state index contributed by atoms with van der Waals surface area (Å²) in [6, 6.07) is 0. The van der Waals surface area contributed by atoms with Crippen molar-refractivity contribution in [2.75, 3.05) is 48.3 Å². The molecule has 1 aromatic rings. The Hall–Kier alpha value is -2.38. The van der Waals surface area contributed by atoms with Crippen LogP contribution in [0.15, 0.2) is 6.33 Å². The number of nitrogens with zero attached hydrogens (tertiary/aromatic N) is 4. The number of carbonyl (C=O) groups is 2. The number of aromatic nitrogens is 2. The molecule has 0 atom stereocenters. The van der Waals surface area contributed by atoms with Crippen molar-refractivity contribution >= 4 is 29.1 Å². The summed E-state index contributed by atoms with van der Waals surface area (Å²) in [6.45, 7) is 4.51. The first-order valence-electron chi connectivity index (χ1n) is 6.54. The normalized spacial score (nSPS) is 18.1. The van der Waals surface area contributed by atoms with E-state index in [0.717, 1.165) is 0 Å². The monoisotopic (exact) mass is 276 g/mol. The van der Waals surface area contributed by atoms with Crippen LogP contribution in [0.1, 0.15) is 6.92 Å². The van der Waals surface area contributed by atoms with Gasteiger partial charge in [0.05, 0.1) is 6.54 Å². The molecule has 8 nitrogen and oxygen atoms in total. The number of rotatable bonds is 1. The predicted molar refractivity (Wildman–Crippen MR) is 73.6 cm³/mol. The molecule has 0 unspecified atom stereocenters. The molecule has 2 amide bonds. The predicted octanol–water partition coefficient (Wildman–Crippen LogP) is -0.491. The molecule has 0 aliphatic carbocycles. The Kier molecular flexibility index (Phi) is 3.13. The molecule has 0 aromatic carbocycles. The summed E-state index contributed by atoms with van der Waals surface area (Å²) in [7, 11) is 0. The van der Waals surface area contributed by atoms with Gasteiger partial charge in [-0.25, -0.2) is 9.97 Å². The molecule has 0 saturated carbocycles. The summed E-state index contributed by atoms with van der Waals surface area (Å²) >= 11 is 0. The Morgan fingerprint density at radius 2 is 2.00 bits per heavy atom. The first-order valence-corrected chi connectivity index (χ1v) is 6.54. The number of hydrogen-bond acceptors (Lipinski definition) is 6. The lowest BCUT2D eigenvalue weighted by atomic mass is 10.2. The van der Waals surface area contributed by atoms with Crippen LogP contribution >= 0.6 is 0 Å². The van der Waals surface area contributed by atoms with E-state index in [-0.39, 0.29) is 18.4 Å².